The second kappa shape index (κ2) is 10.6. The van der Waals surface area contributed by atoms with Crippen molar-refractivity contribution in [1.82, 2.24) is 9.80 Å². The predicted molar refractivity (Wildman–Crippen MR) is 91.2 cm³/mol. The molecule has 122 valence electrons. The molecule has 0 spiro atoms. The van der Waals surface area contributed by atoms with Crippen molar-refractivity contribution in [1.29, 1.82) is 0 Å². The number of nitrogens with two attached hydrogens (primary N) is 1. The lowest BCUT2D eigenvalue weighted by atomic mass is 9.91. The van der Waals surface area contributed by atoms with E-state index in [2.05, 4.69) is 51.6 Å². The lowest BCUT2D eigenvalue weighted by Gasteiger charge is -2.42. The number of hydrogen-bond acceptors (Lipinski definition) is 3. The fraction of sp³-hybridized carbons (Fsp3) is 1.00. The van der Waals surface area contributed by atoms with Crippen molar-refractivity contribution < 1.29 is 0 Å². The Morgan fingerprint density at radius 2 is 1.70 bits per heavy atom. The van der Waals surface area contributed by atoms with Crippen molar-refractivity contribution in [2.45, 2.75) is 65.3 Å². The summed E-state index contributed by atoms with van der Waals surface area (Å²) in [4.78, 5) is 4.89. The average Bonchev–Trinajstić information content (AvgIpc) is 2.38. The lowest BCUT2D eigenvalue weighted by Crippen LogP contribution is -2.54. The smallest absolute Gasteiger partial charge is 0.0304 e. The Morgan fingerprint density at radius 1 is 1.05 bits per heavy atom. The summed E-state index contributed by atoms with van der Waals surface area (Å²) < 4.78 is 0. The van der Waals surface area contributed by atoms with E-state index in [4.69, 9.17) is 5.73 Å². The molecule has 3 nitrogen and oxygen atoms in total. The zero-order valence-electron chi connectivity index (χ0n) is 14.9. The van der Waals surface area contributed by atoms with Gasteiger partial charge in [0.1, 0.15) is 0 Å². The van der Waals surface area contributed by atoms with Crippen LogP contribution in [-0.4, -0.2) is 55.6 Å². The third-order valence-corrected chi connectivity index (χ3v) is 4.17. The molecular weight excluding hydrogens is 246 g/mol. The van der Waals surface area contributed by atoms with Gasteiger partial charge in [-0.25, -0.2) is 0 Å². The highest BCUT2D eigenvalue weighted by molar-refractivity contribution is 4.88. The molecule has 0 amide bonds. The van der Waals surface area contributed by atoms with E-state index in [0.29, 0.717) is 5.92 Å². The molecular formula is C17H39N3. The molecule has 0 heterocycles. The summed E-state index contributed by atoms with van der Waals surface area (Å²) in [5.74, 6) is 0.693. The molecule has 0 aromatic carbocycles. The van der Waals surface area contributed by atoms with Gasteiger partial charge in [0, 0.05) is 31.7 Å². The first-order valence-electron chi connectivity index (χ1n) is 8.45. The number of unbranched alkanes of at least 4 members (excludes halogenated alkanes) is 3. The van der Waals surface area contributed by atoms with Crippen LogP contribution in [0.2, 0.25) is 0 Å². The minimum absolute atomic E-state index is 0.161. The van der Waals surface area contributed by atoms with Crippen molar-refractivity contribution in [2.24, 2.45) is 11.7 Å². The van der Waals surface area contributed by atoms with E-state index in [9.17, 15) is 0 Å². The van der Waals surface area contributed by atoms with Crippen LogP contribution in [0, 0.1) is 5.92 Å². The van der Waals surface area contributed by atoms with Gasteiger partial charge in [-0.2, -0.15) is 0 Å². The van der Waals surface area contributed by atoms with Gasteiger partial charge >= 0.3 is 0 Å². The molecule has 0 saturated carbocycles. The molecule has 1 atom stereocenters. The first-order chi connectivity index (χ1) is 9.35. The standard InChI is InChI=1S/C17H39N3/c1-7-8-9-10-11-17(4,15-18)20(14-16(2)3)13-12-19(5)6/h16H,7-15,18H2,1-6H3. The monoisotopic (exact) mass is 285 g/mol. The van der Waals surface area contributed by atoms with Gasteiger partial charge in [0.05, 0.1) is 0 Å². The Hall–Kier alpha value is -0.120. The molecule has 0 rings (SSSR count). The Bertz CT molecular complexity index is 228. The minimum atomic E-state index is 0.161. The zero-order chi connectivity index (χ0) is 15.6. The van der Waals surface area contributed by atoms with Gasteiger partial charge in [-0.3, -0.25) is 4.90 Å². The molecule has 2 N–H and O–H groups in total. The van der Waals surface area contributed by atoms with E-state index in [-0.39, 0.29) is 5.54 Å². The van der Waals surface area contributed by atoms with Crippen LogP contribution in [0.15, 0.2) is 0 Å². The van der Waals surface area contributed by atoms with E-state index in [1.165, 1.54) is 32.1 Å². The first-order valence-corrected chi connectivity index (χ1v) is 8.45. The van der Waals surface area contributed by atoms with Gasteiger partial charge in [-0.15, -0.1) is 0 Å². The second-order valence-electron chi connectivity index (χ2n) is 7.15. The molecule has 0 aromatic rings. The first kappa shape index (κ1) is 19.9. The maximum atomic E-state index is 6.15. The van der Waals surface area contributed by atoms with Gasteiger partial charge < -0.3 is 10.6 Å². The van der Waals surface area contributed by atoms with Gasteiger partial charge in [-0.1, -0.05) is 46.5 Å². The Labute approximate surface area is 127 Å². The molecule has 1 unspecified atom stereocenters. The maximum Gasteiger partial charge on any atom is 0.0304 e. The van der Waals surface area contributed by atoms with Crippen molar-refractivity contribution >= 4 is 0 Å². The van der Waals surface area contributed by atoms with Crippen molar-refractivity contribution in [3.63, 3.8) is 0 Å². The van der Waals surface area contributed by atoms with Gasteiger partial charge in [-0.05, 0) is 33.4 Å². The molecule has 0 radical (unpaired) electrons. The summed E-state index contributed by atoms with van der Waals surface area (Å²) >= 11 is 0. The van der Waals surface area contributed by atoms with Crippen LogP contribution in [0.5, 0.6) is 0 Å². The largest absolute Gasteiger partial charge is 0.329 e. The van der Waals surface area contributed by atoms with E-state index >= 15 is 0 Å². The van der Waals surface area contributed by atoms with E-state index in [0.717, 1.165) is 26.2 Å². The topological polar surface area (TPSA) is 32.5 Å². The summed E-state index contributed by atoms with van der Waals surface area (Å²) in [7, 11) is 4.29. The normalized spacial score (nSPS) is 15.3. The molecule has 0 aliphatic rings. The minimum Gasteiger partial charge on any atom is -0.329 e. The molecule has 0 saturated heterocycles. The highest BCUT2D eigenvalue weighted by Gasteiger charge is 2.30. The molecule has 0 aromatic heterocycles. The number of hydrogen-bond donors (Lipinski definition) is 1. The Kier molecular flexibility index (Phi) is 10.5. The fourth-order valence-electron chi connectivity index (χ4n) is 2.66. The van der Waals surface area contributed by atoms with Crippen LogP contribution in [-0.2, 0) is 0 Å². The molecule has 0 fully saturated rings. The lowest BCUT2D eigenvalue weighted by molar-refractivity contribution is 0.0774. The molecule has 0 aliphatic heterocycles. The summed E-state index contributed by atoms with van der Waals surface area (Å²) in [6.07, 6.45) is 6.52. The number of nitrogens with zero attached hydrogens (tertiary/aromatic N) is 2. The van der Waals surface area contributed by atoms with E-state index < -0.39 is 0 Å². The number of likely N-dealkylation sites (N-methyl/N-ethyl adjacent to an activating group) is 1. The fourth-order valence-corrected chi connectivity index (χ4v) is 2.66. The third kappa shape index (κ3) is 8.23. The third-order valence-electron chi connectivity index (χ3n) is 4.17. The maximum absolute atomic E-state index is 6.15. The van der Waals surface area contributed by atoms with Crippen LogP contribution in [0.4, 0.5) is 0 Å². The van der Waals surface area contributed by atoms with Crippen LogP contribution in [0.3, 0.4) is 0 Å². The van der Waals surface area contributed by atoms with Crippen LogP contribution in [0.25, 0.3) is 0 Å². The summed E-state index contributed by atoms with van der Waals surface area (Å²) in [5, 5.41) is 0. The molecule has 3 heteroatoms. The SMILES string of the molecule is CCCCCCC(C)(CN)N(CCN(C)C)CC(C)C. The van der Waals surface area contributed by atoms with Crippen molar-refractivity contribution in [3.05, 3.63) is 0 Å². The van der Waals surface area contributed by atoms with Gasteiger partial charge in [0.2, 0.25) is 0 Å². The predicted octanol–water partition coefficient (Wildman–Crippen LogP) is 3.19. The Morgan fingerprint density at radius 3 is 2.15 bits per heavy atom. The van der Waals surface area contributed by atoms with Crippen LogP contribution < -0.4 is 5.73 Å². The average molecular weight is 286 g/mol. The van der Waals surface area contributed by atoms with E-state index in [1.807, 2.05) is 0 Å². The quantitative estimate of drug-likeness (QED) is 0.559. The summed E-state index contributed by atoms with van der Waals surface area (Å²) in [6.45, 7) is 13.4. The zero-order valence-corrected chi connectivity index (χ0v) is 14.9. The highest BCUT2D eigenvalue weighted by atomic mass is 15.2. The molecule has 0 aliphatic carbocycles. The number of rotatable bonds is 12. The van der Waals surface area contributed by atoms with Crippen LogP contribution in [0.1, 0.15) is 59.8 Å². The summed E-state index contributed by atoms with van der Waals surface area (Å²) in [6, 6.07) is 0. The highest BCUT2D eigenvalue weighted by Crippen LogP contribution is 2.23. The van der Waals surface area contributed by atoms with Crippen molar-refractivity contribution in [3.8, 4) is 0 Å². The molecule has 20 heavy (non-hydrogen) atoms. The summed E-state index contributed by atoms with van der Waals surface area (Å²) in [5.41, 5.74) is 6.31. The van der Waals surface area contributed by atoms with Crippen molar-refractivity contribution in [2.75, 3.05) is 40.3 Å². The van der Waals surface area contributed by atoms with E-state index in [1.54, 1.807) is 0 Å². The Balaban J connectivity index is 4.57. The van der Waals surface area contributed by atoms with Gasteiger partial charge in [0.25, 0.3) is 0 Å². The molecule has 0 bridgehead atoms. The van der Waals surface area contributed by atoms with Crippen LogP contribution >= 0.6 is 0 Å². The second-order valence-corrected chi connectivity index (χ2v) is 7.15. The van der Waals surface area contributed by atoms with Gasteiger partial charge in [0.15, 0.2) is 0 Å².